The number of aromatic nitrogens is 6. The molecule has 12 nitrogen and oxygen atoms in total. The van der Waals surface area contributed by atoms with E-state index in [1.54, 1.807) is 11.6 Å². The van der Waals surface area contributed by atoms with Gasteiger partial charge in [0, 0.05) is 14.1 Å². The molecule has 3 aromatic heterocycles. The normalized spacial score (nSPS) is 11.1. The third kappa shape index (κ3) is 4.00. The molecular formula is C22H23N7O5. The van der Waals surface area contributed by atoms with Crippen LogP contribution in [-0.4, -0.2) is 46.9 Å². The summed E-state index contributed by atoms with van der Waals surface area (Å²) >= 11 is 0. The smallest absolute Gasteiger partial charge is 0.332 e. The zero-order chi connectivity index (χ0) is 24.6. The second-order valence-corrected chi connectivity index (χ2v) is 7.75. The van der Waals surface area contributed by atoms with Crippen molar-refractivity contribution in [2.45, 2.75) is 20.4 Å². The van der Waals surface area contributed by atoms with Crippen molar-refractivity contribution in [3.63, 3.8) is 0 Å². The number of esters is 1. The summed E-state index contributed by atoms with van der Waals surface area (Å²) in [5.74, 6) is -1.26. The highest BCUT2D eigenvalue weighted by Crippen LogP contribution is 2.22. The number of para-hydroxylation sites is 1. The maximum atomic E-state index is 12.5. The molecule has 3 heterocycles. The highest BCUT2D eigenvalue weighted by Gasteiger charge is 2.19. The summed E-state index contributed by atoms with van der Waals surface area (Å²) < 4.78 is 10.2. The van der Waals surface area contributed by atoms with Gasteiger partial charge in [0.25, 0.3) is 11.5 Å². The van der Waals surface area contributed by atoms with E-state index in [1.165, 1.54) is 29.6 Å². The monoisotopic (exact) mass is 465 g/mol. The minimum Gasteiger partial charge on any atom is -0.454 e. The lowest BCUT2D eigenvalue weighted by Crippen LogP contribution is -2.37. The van der Waals surface area contributed by atoms with Crippen LogP contribution in [0.4, 0.5) is 5.69 Å². The maximum Gasteiger partial charge on any atom is 0.332 e. The van der Waals surface area contributed by atoms with Gasteiger partial charge in [0.15, 0.2) is 17.8 Å². The number of imidazole rings is 1. The first-order valence-corrected chi connectivity index (χ1v) is 10.4. The number of nitrogens with one attached hydrogen (secondary N) is 1. The summed E-state index contributed by atoms with van der Waals surface area (Å²) in [5.41, 5.74) is 1.87. The molecule has 34 heavy (non-hydrogen) atoms. The van der Waals surface area contributed by atoms with Gasteiger partial charge in [0.05, 0.1) is 29.1 Å². The molecule has 1 aromatic carbocycles. The molecule has 0 unspecified atom stereocenters. The van der Waals surface area contributed by atoms with E-state index >= 15 is 0 Å². The number of nitrogens with zero attached hydrogens (tertiary/aromatic N) is 6. The summed E-state index contributed by atoms with van der Waals surface area (Å²) in [5, 5.41) is 7.20. The zero-order valence-corrected chi connectivity index (χ0v) is 19.1. The Balaban J connectivity index is 1.43. The topological polar surface area (TPSA) is 135 Å². The predicted octanol–water partition coefficient (Wildman–Crippen LogP) is 0.418. The Morgan fingerprint density at radius 3 is 2.47 bits per heavy atom. The van der Waals surface area contributed by atoms with Crippen LogP contribution in [-0.2, 0) is 35.0 Å². The lowest BCUT2D eigenvalue weighted by Gasteiger charge is -2.09. The molecule has 4 rings (SSSR count). The summed E-state index contributed by atoms with van der Waals surface area (Å²) in [6.07, 6.45) is 1.28. The second-order valence-electron chi connectivity index (χ2n) is 7.75. The first-order valence-electron chi connectivity index (χ1n) is 10.4. The number of aryl methyl sites for hydroxylation is 2. The number of ether oxygens (including phenoxy) is 1. The third-order valence-electron chi connectivity index (χ3n) is 5.44. The molecule has 0 aliphatic carbocycles. The number of carbonyl (C=O) groups excluding carboxylic acids is 2. The third-order valence-corrected chi connectivity index (χ3v) is 5.44. The van der Waals surface area contributed by atoms with Crippen LogP contribution in [0.15, 0.2) is 46.2 Å². The molecule has 4 aromatic rings. The lowest BCUT2D eigenvalue weighted by atomic mass is 10.3. The number of rotatable bonds is 6. The predicted molar refractivity (Wildman–Crippen MR) is 123 cm³/mol. The molecule has 0 saturated carbocycles. The molecule has 0 aliphatic heterocycles. The fourth-order valence-corrected chi connectivity index (χ4v) is 3.67. The van der Waals surface area contributed by atoms with Gasteiger partial charge < -0.3 is 14.6 Å². The van der Waals surface area contributed by atoms with E-state index in [0.29, 0.717) is 11.4 Å². The van der Waals surface area contributed by atoms with Gasteiger partial charge in [0.1, 0.15) is 6.54 Å². The van der Waals surface area contributed by atoms with Crippen LogP contribution >= 0.6 is 0 Å². The molecule has 1 amide bonds. The average molecular weight is 465 g/mol. The number of amides is 1. The van der Waals surface area contributed by atoms with Crippen molar-refractivity contribution in [2.75, 3.05) is 11.9 Å². The Morgan fingerprint density at radius 1 is 1.06 bits per heavy atom. The molecule has 0 atom stereocenters. The molecule has 0 aliphatic rings. The van der Waals surface area contributed by atoms with Crippen molar-refractivity contribution in [2.24, 2.45) is 14.1 Å². The van der Waals surface area contributed by atoms with E-state index in [2.05, 4.69) is 15.4 Å². The SMILES string of the molecule is Cc1nn(-c2ccccc2)c(C)c1NC(=O)COC(=O)Cn1cnc2c1c(=O)n(C)c(=O)n2C. The Labute approximate surface area is 193 Å². The van der Waals surface area contributed by atoms with Crippen LogP contribution in [0.25, 0.3) is 16.9 Å². The minimum absolute atomic E-state index is 0.0885. The summed E-state index contributed by atoms with van der Waals surface area (Å²) in [6.45, 7) is 2.73. The van der Waals surface area contributed by atoms with Gasteiger partial charge in [0.2, 0.25) is 0 Å². The highest BCUT2D eigenvalue weighted by molar-refractivity contribution is 5.94. The van der Waals surface area contributed by atoms with Crippen LogP contribution in [0.5, 0.6) is 0 Å². The van der Waals surface area contributed by atoms with Crippen LogP contribution in [0.2, 0.25) is 0 Å². The largest absolute Gasteiger partial charge is 0.454 e. The van der Waals surface area contributed by atoms with Crippen LogP contribution in [0.1, 0.15) is 11.4 Å². The van der Waals surface area contributed by atoms with Gasteiger partial charge in [-0.05, 0) is 26.0 Å². The molecule has 0 radical (unpaired) electrons. The number of fused-ring (bicyclic) bond motifs is 1. The molecule has 176 valence electrons. The Hall–Kier alpha value is -4.48. The summed E-state index contributed by atoms with van der Waals surface area (Å²) in [6, 6.07) is 9.48. The number of benzene rings is 1. The molecule has 0 spiro atoms. The maximum absolute atomic E-state index is 12.5. The fourth-order valence-electron chi connectivity index (χ4n) is 3.67. The van der Waals surface area contributed by atoms with Crippen LogP contribution < -0.4 is 16.6 Å². The number of hydrogen-bond acceptors (Lipinski definition) is 7. The number of hydrogen-bond donors (Lipinski definition) is 1. The lowest BCUT2D eigenvalue weighted by molar-refractivity contribution is -0.147. The van der Waals surface area contributed by atoms with Crippen LogP contribution in [0.3, 0.4) is 0 Å². The second kappa shape index (κ2) is 8.81. The van der Waals surface area contributed by atoms with Crippen molar-refractivity contribution in [1.82, 2.24) is 28.5 Å². The zero-order valence-electron chi connectivity index (χ0n) is 19.1. The van der Waals surface area contributed by atoms with Crippen molar-refractivity contribution >= 4 is 28.7 Å². The van der Waals surface area contributed by atoms with E-state index in [1.807, 2.05) is 37.3 Å². The first kappa shape index (κ1) is 22.7. The van der Waals surface area contributed by atoms with Gasteiger partial charge in [-0.1, -0.05) is 18.2 Å². The molecule has 0 bridgehead atoms. The average Bonchev–Trinajstić information content (AvgIpc) is 3.37. The molecular weight excluding hydrogens is 442 g/mol. The van der Waals surface area contributed by atoms with Gasteiger partial charge in [-0.15, -0.1) is 0 Å². The van der Waals surface area contributed by atoms with E-state index in [4.69, 9.17) is 4.74 Å². The van der Waals surface area contributed by atoms with Crippen molar-refractivity contribution < 1.29 is 14.3 Å². The van der Waals surface area contributed by atoms with Crippen molar-refractivity contribution in [3.05, 3.63) is 68.9 Å². The number of anilines is 1. The van der Waals surface area contributed by atoms with Gasteiger partial charge in [-0.25, -0.2) is 14.5 Å². The van der Waals surface area contributed by atoms with Crippen molar-refractivity contribution in [1.29, 1.82) is 0 Å². The van der Waals surface area contributed by atoms with Gasteiger partial charge >= 0.3 is 11.7 Å². The van der Waals surface area contributed by atoms with Gasteiger partial charge in [-0.3, -0.25) is 23.5 Å². The Bertz CT molecular complexity index is 1530. The Morgan fingerprint density at radius 2 is 1.76 bits per heavy atom. The molecule has 0 saturated heterocycles. The standard InChI is InChI=1S/C22H23N7O5/c1-13-18(14(2)29(25-13)15-8-6-5-7-9-15)24-16(30)11-34-17(31)10-28-12-23-20-19(28)21(32)27(4)22(33)26(20)3/h5-9,12H,10-11H2,1-4H3,(H,24,30). The molecule has 12 heteroatoms. The fraction of sp³-hybridized carbons (Fsp3) is 0.273. The quantitative estimate of drug-likeness (QED) is 0.408. The Kier molecular flexibility index (Phi) is 5.88. The minimum atomic E-state index is -0.737. The van der Waals surface area contributed by atoms with Crippen LogP contribution in [0, 0.1) is 13.8 Å². The first-order chi connectivity index (χ1) is 16.2. The van der Waals surface area contributed by atoms with E-state index in [0.717, 1.165) is 15.9 Å². The van der Waals surface area contributed by atoms with Gasteiger partial charge in [-0.2, -0.15) is 5.10 Å². The number of carbonyl (C=O) groups is 2. The molecule has 1 N–H and O–H groups in total. The highest BCUT2D eigenvalue weighted by atomic mass is 16.5. The van der Waals surface area contributed by atoms with E-state index < -0.39 is 29.7 Å². The molecule has 0 fully saturated rings. The van der Waals surface area contributed by atoms with E-state index in [-0.39, 0.29) is 17.7 Å². The van der Waals surface area contributed by atoms with Crippen molar-refractivity contribution in [3.8, 4) is 5.69 Å². The van der Waals surface area contributed by atoms with E-state index in [9.17, 15) is 19.2 Å². The summed E-state index contributed by atoms with van der Waals surface area (Å²) in [4.78, 5) is 53.3. The summed E-state index contributed by atoms with van der Waals surface area (Å²) in [7, 11) is 2.82.